The summed E-state index contributed by atoms with van der Waals surface area (Å²) in [5.74, 6) is -0.661. The predicted octanol–water partition coefficient (Wildman–Crippen LogP) is 1.77. The van der Waals surface area contributed by atoms with Crippen molar-refractivity contribution in [3.63, 3.8) is 0 Å². The molecule has 1 N–H and O–H groups in total. The van der Waals surface area contributed by atoms with Crippen molar-refractivity contribution in [3.05, 3.63) is 47.0 Å². The minimum Gasteiger partial charge on any atom is -0.348 e. The Balaban J connectivity index is 2.16. The van der Waals surface area contributed by atoms with Gasteiger partial charge in [-0.15, -0.1) is 0 Å². The van der Waals surface area contributed by atoms with E-state index < -0.39 is 10.0 Å². The van der Waals surface area contributed by atoms with Crippen LogP contribution in [0.5, 0.6) is 0 Å². The van der Waals surface area contributed by atoms with Crippen LogP contribution in [0.2, 0.25) is 0 Å². The molecule has 0 radical (unpaired) electrons. The molecule has 0 saturated heterocycles. The molecule has 1 amide bonds. The monoisotopic (exact) mass is 382 g/mol. The van der Waals surface area contributed by atoms with Crippen molar-refractivity contribution >= 4 is 15.9 Å². The van der Waals surface area contributed by atoms with Crippen LogP contribution in [-0.4, -0.2) is 42.5 Å². The molecule has 0 spiro atoms. The fourth-order valence-electron chi connectivity index (χ4n) is 2.65. The van der Waals surface area contributed by atoms with Crippen molar-refractivity contribution in [1.82, 2.24) is 19.4 Å². The highest BCUT2D eigenvalue weighted by Crippen LogP contribution is 2.22. The van der Waals surface area contributed by atoms with Gasteiger partial charge in [-0.2, -0.15) is 5.10 Å². The number of hydrogen-bond donors (Lipinski definition) is 1. The summed E-state index contributed by atoms with van der Waals surface area (Å²) in [5.41, 5.74) is 1.51. The van der Waals surface area contributed by atoms with Crippen LogP contribution in [0.3, 0.4) is 0 Å². The summed E-state index contributed by atoms with van der Waals surface area (Å²) >= 11 is 0. The number of rotatable bonds is 6. The summed E-state index contributed by atoms with van der Waals surface area (Å²) in [7, 11) is -0.746. The maximum atomic E-state index is 13.0. The molecule has 2 aromatic rings. The highest BCUT2D eigenvalue weighted by molar-refractivity contribution is 7.89. The van der Waals surface area contributed by atoms with Gasteiger partial charge in [-0.25, -0.2) is 17.1 Å². The molecule has 1 heterocycles. The van der Waals surface area contributed by atoms with Crippen molar-refractivity contribution in [3.8, 4) is 0 Å². The summed E-state index contributed by atoms with van der Waals surface area (Å²) in [6.45, 7) is 4.89. The summed E-state index contributed by atoms with van der Waals surface area (Å²) in [6.07, 6.45) is 0. The third-order valence-corrected chi connectivity index (χ3v) is 6.16. The number of sulfonamides is 1. The second kappa shape index (κ2) is 7.55. The van der Waals surface area contributed by atoms with Gasteiger partial charge < -0.3 is 5.32 Å². The van der Waals surface area contributed by atoms with Crippen LogP contribution < -0.4 is 5.32 Å². The Morgan fingerprint density at radius 1 is 1.27 bits per heavy atom. The second-order valence-electron chi connectivity index (χ2n) is 6.29. The molecule has 0 aliphatic heterocycles. The first-order valence-corrected chi connectivity index (χ1v) is 9.49. The third kappa shape index (κ3) is 4.10. The minimum atomic E-state index is -3.64. The second-order valence-corrected chi connectivity index (χ2v) is 8.37. The van der Waals surface area contributed by atoms with Gasteiger partial charge in [-0.1, -0.05) is 12.1 Å². The van der Waals surface area contributed by atoms with E-state index in [4.69, 9.17) is 0 Å². The molecular formula is C17H23FN4O3S. The summed E-state index contributed by atoms with van der Waals surface area (Å²) in [5, 5.41) is 6.99. The first kappa shape index (κ1) is 20.1. The van der Waals surface area contributed by atoms with Crippen LogP contribution in [0.25, 0.3) is 0 Å². The van der Waals surface area contributed by atoms with Gasteiger partial charge >= 0.3 is 0 Å². The largest absolute Gasteiger partial charge is 0.348 e. The number of nitrogens with one attached hydrogen (secondary N) is 1. The van der Waals surface area contributed by atoms with Crippen LogP contribution in [-0.2, 0) is 21.4 Å². The number of carbonyl (C=O) groups excluding carboxylic acids is 1. The lowest BCUT2D eigenvalue weighted by Gasteiger charge is -2.15. The number of carbonyl (C=O) groups is 1. The molecule has 0 saturated carbocycles. The first-order chi connectivity index (χ1) is 12.0. The number of amides is 1. The zero-order valence-corrected chi connectivity index (χ0v) is 16.3. The Bertz CT molecular complexity index is 905. The van der Waals surface area contributed by atoms with Crippen molar-refractivity contribution in [2.75, 3.05) is 14.1 Å². The lowest BCUT2D eigenvalue weighted by atomic mass is 10.1. The molecule has 0 aliphatic rings. The number of hydrogen-bond acceptors (Lipinski definition) is 4. The molecule has 1 atom stereocenters. The third-order valence-electron chi connectivity index (χ3n) is 4.09. The first-order valence-electron chi connectivity index (χ1n) is 8.05. The fourth-order valence-corrected chi connectivity index (χ4v) is 3.91. The number of aryl methyl sites for hydroxylation is 1. The van der Waals surface area contributed by atoms with Crippen LogP contribution in [0.15, 0.2) is 29.2 Å². The summed E-state index contributed by atoms with van der Waals surface area (Å²) in [6, 6.07) is 5.55. The standard InChI is InChI=1S/C17H23FN4O3S/c1-11(14-6-8-15(18)9-7-14)19-16(23)10-22-13(3)17(12(2)20-22)26(24,25)21(4)5/h6-9,11H,10H2,1-5H3,(H,19,23)/t11-/m0/s1. The quantitative estimate of drug-likeness (QED) is 0.825. The number of nitrogens with zero attached hydrogens (tertiary/aromatic N) is 3. The molecule has 26 heavy (non-hydrogen) atoms. The Morgan fingerprint density at radius 3 is 2.38 bits per heavy atom. The lowest BCUT2D eigenvalue weighted by Crippen LogP contribution is -2.31. The van der Waals surface area contributed by atoms with Crippen molar-refractivity contribution in [2.45, 2.75) is 38.3 Å². The molecule has 0 bridgehead atoms. The van der Waals surface area contributed by atoms with Crippen molar-refractivity contribution < 1.29 is 17.6 Å². The topological polar surface area (TPSA) is 84.3 Å². The number of halogens is 1. The van der Waals surface area contributed by atoms with E-state index in [9.17, 15) is 17.6 Å². The molecule has 9 heteroatoms. The Hall–Kier alpha value is -2.26. The highest BCUT2D eigenvalue weighted by Gasteiger charge is 2.27. The SMILES string of the molecule is Cc1nn(CC(=O)N[C@@H](C)c2ccc(F)cc2)c(C)c1S(=O)(=O)N(C)C. The number of benzene rings is 1. The fraction of sp³-hybridized carbons (Fsp3) is 0.412. The van der Waals surface area contributed by atoms with Crippen molar-refractivity contribution in [2.24, 2.45) is 0 Å². The van der Waals surface area contributed by atoms with Crippen LogP contribution in [0.4, 0.5) is 4.39 Å². The smallest absolute Gasteiger partial charge is 0.246 e. The average Bonchev–Trinajstić information content (AvgIpc) is 2.81. The van der Waals surface area contributed by atoms with Gasteiger partial charge in [0.1, 0.15) is 17.3 Å². The van der Waals surface area contributed by atoms with Crippen LogP contribution in [0.1, 0.15) is 29.9 Å². The number of aromatic nitrogens is 2. The van der Waals surface area contributed by atoms with Crippen molar-refractivity contribution in [1.29, 1.82) is 0 Å². The molecule has 0 fully saturated rings. The molecule has 0 aliphatic carbocycles. The molecule has 142 valence electrons. The molecule has 2 rings (SSSR count). The van der Waals surface area contributed by atoms with Crippen LogP contribution >= 0.6 is 0 Å². The zero-order chi connectivity index (χ0) is 19.6. The van der Waals surface area contributed by atoms with Gasteiger partial charge in [0.05, 0.1) is 17.4 Å². The normalized spacial score (nSPS) is 13.0. The van der Waals surface area contributed by atoms with E-state index >= 15 is 0 Å². The van der Waals surface area contributed by atoms with E-state index in [1.165, 1.54) is 30.9 Å². The van der Waals surface area contributed by atoms with Gasteiger partial charge in [0.15, 0.2) is 0 Å². The van der Waals surface area contributed by atoms with E-state index in [-0.39, 0.29) is 29.2 Å². The molecule has 1 aromatic heterocycles. The summed E-state index contributed by atoms with van der Waals surface area (Å²) < 4.78 is 40.3. The van der Waals surface area contributed by atoms with Gasteiger partial charge in [0.2, 0.25) is 15.9 Å². The lowest BCUT2D eigenvalue weighted by molar-refractivity contribution is -0.122. The van der Waals surface area contributed by atoms with Crippen LogP contribution in [0, 0.1) is 19.7 Å². The minimum absolute atomic E-state index is 0.110. The predicted molar refractivity (Wildman–Crippen MR) is 95.5 cm³/mol. The average molecular weight is 382 g/mol. The van der Waals surface area contributed by atoms with E-state index in [2.05, 4.69) is 10.4 Å². The van der Waals surface area contributed by atoms with Gasteiger partial charge in [-0.05, 0) is 38.5 Å². The maximum Gasteiger partial charge on any atom is 0.246 e. The molecule has 0 unspecified atom stereocenters. The van der Waals surface area contributed by atoms with Gasteiger partial charge in [0.25, 0.3) is 0 Å². The highest BCUT2D eigenvalue weighted by atomic mass is 32.2. The summed E-state index contributed by atoms with van der Waals surface area (Å²) in [4.78, 5) is 12.4. The zero-order valence-electron chi connectivity index (χ0n) is 15.4. The van der Waals surface area contributed by atoms with Gasteiger partial charge in [0, 0.05) is 14.1 Å². The van der Waals surface area contributed by atoms with E-state index in [0.29, 0.717) is 11.4 Å². The van der Waals surface area contributed by atoms with E-state index in [1.807, 2.05) is 0 Å². The Labute approximate surface area is 152 Å². The Morgan fingerprint density at radius 2 is 1.85 bits per heavy atom. The van der Waals surface area contributed by atoms with E-state index in [1.54, 1.807) is 32.9 Å². The van der Waals surface area contributed by atoms with Gasteiger partial charge in [-0.3, -0.25) is 9.48 Å². The maximum absolute atomic E-state index is 13.0. The molecule has 7 nitrogen and oxygen atoms in total. The Kier molecular flexibility index (Phi) is 5.82. The molecular weight excluding hydrogens is 359 g/mol. The van der Waals surface area contributed by atoms with E-state index in [0.717, 1.165) is 9.87 Å². The molecule has 1 aromatic carbocycles.